The standard InChI is InChI=1S/C32H41N7O7/c1-6-13-46-32(45)35-11-12-38-28(41)18-14-21(37-17(4)5)26-24-19(15-20(36-16(2)3)25(23(18)24)30(38)43)29(42)39(31(26)44)22(27(34)40)9-7-8-10-33/h6,14-17,22,37,41H,1,7-13,33H2,2-5H3,(H2,34,40)(H,35,45)/t22-/m0/s1. The molecule has 1 aliphatic carbocycles. The first-order valence-electron chi connectivity index (χ1n) is 15.3. The number of carbonyl (C=O) groups excluding carboxylic acids is 2. The number of unbranched alkanes of at least 4 members (excludes halogenated alkanes) is 1. The van der Waals surface area contributed by atoms with Crippen molar-refractivity contribution in [2.45, 2.75) is 71.6 Å². The monoisotopic (exact) mass is 635 g/mol. The van der Waals surface area contributed by atoms with Crippen molar-refractivity contribution < 1.29 is 19.4 Å². The first kappa shape index (κ1) is 33.9. The van der Waals surface area contributed by atoms with Crippen molar-refractivity contribution in [1.82, 2.24) is 14.5 Å². The largest absolute Gasteiger partial charge is 0.494 e. The number of benzene rings is 2. The molecule has 1 atom stereocenters. The third-order valence-corrected chi connectivity index (χ3v) is 7.57. The van der Waals surface area contributed by atoms with Gasteiger partial charge in [0.25, 0.3) is 16.7 Å². The number of carbonyl (C=O) groups is 2. The highest BCUT2D eigenvalue weighted by Crippen LogP contribution is 2.41. The van der Waals surface area contributed by atoms with Gasteiger partial charge in [0.1, 0.15) is 12.6 Å². The lowest BCUT2D eigenvalue weighted by Gasteiger charge is -2.24. The zero-order valence-corrected chi connectivity index (χ0v) is 26.5. The molecule has 14 nitrogen and oxygen atoms in total. The summed E-state index contributed by atoms with van der Waals surface area (Å²) in [4.78, 5) is 71.8. The van der Waals surface area contributed by atoms with Gasteiger partial charge in [-0.1, -0.05) is 12.7 Å². The van der Waals surface area contributed by atoms with Gasteiger partial charge in [0.05, 0.1) is 21.7 Å². The Kier molecular flexibility index (Phi) is 10.3. The van der Waals surface area contributed by atoms with E-state index in [1.807, 2.05) is 13.8 Å². The van der Waals surface area contributed by atoms with E-state index in [4.69, 9.17) is 16.2 Å². The molecule has 1 aromatic heterocycles. The fraction of sp³-hybridized carbons (Fsp3) is 0.438. The molecule has 4 rings (SSSR count). The first-order chi connectivity index (χ1) is 21.8. The third kappa shape index (κ3) is 6.38. The van der Waals surface area contributed by atoms with Gasteiger partial charge in [-0.3, -0.25) is 33.3 Å². The molecule has 1 aromatic carbocycles. The molecule has 46 heavy (non-hydrogen) atoms. The summed E-state index contributed by atoms with van der Waals surface area (Å²) in [6.07, 6.45) is 1.85. The molecule has 0 fully saturated rings. The molecule has 2 amide bonds. The lowest BCUT2D eigenvalue weighted by molar-refractivity contribution is -0.121. The number of nitrogens with two attached hydrogens (primary N) is 2. The van der Waals surface area contributed by atoms with Gasteiger partial charge >= 0.3 is 6.09 Å². The molecule has 0 bridgehead atoms. The van der Waals surface area contributed by atoms with E-state index >= 15 is 0 Å². The van der Waals surface area contributed by atoms with Crippen molar-refractivity contribution in [3.05, 3.63) is 61.2 Å². The number of nitrogens with zero attached hydrogens (tertiary/aromatic N) is 3. The number of primary amides is 1. The number of hydrogen-bond donors (Lipinski definition) is 5. The maximum atomic E-state index is 14.3. The number of aromatic nitrogens is 2. The van der Waals surface area contributed by atoms with Crippen LogP contribution >= 0.6 is 0 Å². The maximum Gasteiger partial charge on any atom is 0.407 e. The Morgan fingerprint density at radius 3 is 2.39 bits per heavy atom. The number of amides is 2. The number of ether oxygens (including phenoxy) is 1. The molecular formula is C32H41N7O7. The molecule has 0 saturated heterocycles. The highest BCUT2D eigenvalue weighted by molar-refractivity contribution is 6.19. The minimum atomic E-state index is -1.23. The van der Waals surface area contributed by atoms with Gasteiger partial charge in [0.2, 0.25) is 11.8 Å². The second-order valence-corrected chi connectivity index (χ2v) is 11.7. The van der Waals surface area contributed by atoms with Crippen molar-refractivity contribution in [2.24, 2.45) is 16.5 Å². The average molecular weight is 636 g/mol. The van der Waals surface area contributed by atoms with Crippen LogP contribution in [-0.2, 0) is 16.1 Å². The Labute approximate surface area is 264 Å². The zero-order valence-electron chi connectivity index (χ0n) is 26.5. The molecule has 2 aromatic rings. The summed E-state index contributed by atoms with van der Waals surface area (Å²) in [5, 5.41) is 18.0. The summed E-state index contributed by atoms with van der Waals surface area (Å²) < 4.78 is 6.91. The highest BCUT2D eigenvalue weighted by atomic mass is 16.5. The van der Waals surface area contributed by atoms with Gasteiger partial charge in [-0.15, -0.1) is 0 Å². The summed E-state index contributed by atoms with van der Waals surface area (Å²) in [6, 6.07) is 1.27. The molecule has 0 spiro atoms. The second-order valence-electron chi connectivity index (χ2n) is 11.7. The number of nitrogens with one attached hydrogen (secondary N) is 2. The molecule has 0 saturated carbocycles. The summed E-state index contributed by atoms with van der Waals surface area (Å²) in [5.74, 6) is -1.26. The maximum absolute atomic E-state index is 14.3. The lowest BCUT2D eigenvalue weighted by atomic mass is 9.89. The van der Waals surface area contributed by atoms with Crippen LogP contribution < -0.4 is 44.1 Å². The first-order valence-corrected chi connectivity index (χ1v) is 15.3. The Morgan fingerprint density at radius 1 is 1.07 bits per heavy atom. The Bertz CT molecular complexity index is 1980. The molecule has 0 unspecified atom stereocenters. The number of anilines is 1. The second kappa shape index (κ2) is 14.0. The van der Waals surface area contributed by atoms with E-state index in [2.05, 4.69) is 22.2 Å². The number of alkyl carbamates (subject to hydrolysis) is 1. The summed E-state index contributed by atoms with van der Waals surface area (Å²) in [6.45, 7) is 11.0. The predicted octanol–water partition coefficient (Wildman–Crippen LogP) is 1.56. The minimum absolute atomic E-state index is 0.000341. The lowest BCUT2D eigenvalue weighted by Crippen LogP contribution is -2.44. The quantitative estimate of drug-likeness (QED) is 0.0771. The summed E-state index contributed by atoms with van der Waals surface area (Å²) >= 11 is 0. The summed E-state index contributed by atoms with van der Waals surface area (Å²) in [5.41, 5.74) is 9.74. The normalized spacial score (nSPS) is 12.9. The fourth-order valence-corrected chi connectivity index (χ4v) is 5.76. The van der Waals surface area contributed by atoms with Gasteiger partial charge in [0, 0.05) is 47.2 Å². The van der Waals surface area contributed by atoms with Crippen LogP contribution in [0.2, 0.25) is 0 Å². The van der Waals surface area contributed by atoms with E-state index in [1.54, 1.807) is 19.9 Å². The van der Waals surface area contributed by atoms with Crippen molar-refractivity contribution in [1.29, 1.82) is 0 Å². The van der Waals surface area contributed by atoms with Crippen molar-refractivity contribution >= 4 is 39.2 Å². The van der Waals surface area contributed by atoms with E-state index in [1.165, 1.54) is 12.1 Å². The Balaban J connectivity index is 2.15. The van der Waals surface area contributed by atoms with E-state index in [9.17, 15) is 29.1 Å². The number of aromatic hydroxyl groups is 1. The molecule has 246 valence electrons. The van der Waals surface area contributed by atoms with Crippen LogP contribution in [0.5, 0.6) is 5.88 Å². The van der Waals surface area contributed by atoms with Crippen LogP contribution in [0.1, 0.15) is 53.0 Å². The van der Waals surface area contributed by atoms with E-state index in [0.29, 0.717) is 19.4 Å². The summed E-state index contributed by atoms with van der Waals surface area (Å²) in [7, 11) is 0. The van der Waals surface area contributed by atoms with Crippen molar-refractivity contribution in [3.63, 3.8) is 0 Å². The minimum Gasteiger partial charge on any atom is -0.494 e. The van der Waals surface area contributed by atoms with Crippen LogP contribution in [0.3, 0.4) is 0 Å². The van der Waals surface area contributed by atoms with Crippen LogP contribution in [-0.4, -0.2) is 58.0 Å². The molecule has 2 heterocycles. The highest BCUT2D eigenvalue weighted by Gasteiger charge is 2.32. The molecule has 14 heteroatoms. The number of hydrogen-bond acceptors (Lipinski definition) is 10. The third-order valence-electron chi connectivity index (χ3n) is 7.57. The fourth-order valence-electron chi connectivity index (χ4n) is 5.76. The van der Waals surface area contributed by atoms with Gasteiger partial charge in [-0.05, 0) is 65.6 Å². The number of rotatable bonds is 14. The average Bonchev–Trinajstić information content (AvgIpc) is 2.98. The zero-order chi connectivity index (χ0) is 33.9. The molecule has 1 aliphatic heterocycles. The van der Waals surface area contributed by atoms with E-state index in [0.717, 1.165) is 9.13 Å². The molecule has 2 aliphatic rings. The Morgan fingerprint density at radius 2 is 1.78 bits per heavy atom. The Hall–Kier alpha value is -4.98. The van der Waals surface area contributed by atoms with Crippen molar-refractivity contribution in [2.75, 3.05) is 25.0 Å². The van der Waals surface area contributed by atoms with Gasteiger partial charge in [0.15, 0.2) is 0 Å². The number of pyridine rings is 2. The molecule has 7 N–H and O–H groups in total. The van der Waals surface area contributed by atoms with Crippen molar-refractivity contribution in [3.8, 4) is 17.0 Å². The van der Waals surface area contributed by atoms with Gasteiger partial charge in [-0.25, -0.2) is 4.79 Å². The van der Waals surface area contributed by atoms with Crippen LogP contribution in [0.4, 0.5) is 10.5 Å². The van der Waals surface area contributed by atoms with E-state index in [-0.39, 0.29) is 81.9 Å². The molecule has 0 radical (unpaired) electrons. The van der Waals surface area contributed by atoms with Gasteiger partial charge in [-0.2, -0.15) is 0 Å². The van der Waals surface area contributed by atoms with Crippen LogP contribution in [0.25, 0.3) is 32.7 Å². The topological polar surface area (TPSA) is 213 Å². The molecular weight excluding hydrogens is 594 g/mol. The smallest absolute Gasteiger partial charge is 0.407 e. The van der Waals surface area contributed by atoms with Crippen LogP contribution in [0, 0.1) is 0 Å². The van der Waals surface area contributed by atoms with Crippen LogP contribution in [0.15, 0.2) is 44.2 Å². The van der Waals surface area contributed by atoms with E-state index < -0.39 is 40.6 Å². The SMILES string of the molecule is C=CCOC(=O)NCCn1c(O)c2cc(NC(C)C)c3c4c2c(c(=NC(C)C)cc-4c(=O)n([C@@H](CCCCN)C(N)=O)c3=O)c1=O. The van der Waals surface area contributed by atoms with Gasteiger partial charge < -0.3 is 31.9 Å². The predicted molar refractivity (Wildman–Crippen MR) is 177 cm³/mol.